The Morgan fingerprint density at radius 2 is 1.21 bits per heavy atom. The lowest BCUT2D eigenvalue weighted by molar-refractivity contribution is -0.138. The van der Waals surface area contributed by atoms with Gasteiger partial charge in [0, 0.05) is 58.6 Å². The molecule has 0 saturated heterocycles. The number of thioether (sulfide) groups is 1. The second-order valence-electron chi connectivity index (χ2n) is 12.0. The predicted octanol–water partition coefficient (Wildman–Crippen LogP) is 8.92. The maximum Gasteiger partial charge on any atom is 0.330 e. The first kappa shape index (κ1) is 39.2. The molecule has 0 heterocycles. The van der Waals surface area contributed by atoms with E-state index in [1.807, 2.05) is 73.7 Å². The van der Waals surface area contributed by atoms with Crippen LogP contribution in [0.4, 0.5) is 5.69 Å². The summed E-state index contributed by atoms with van der Waals surface area (Å²) in [7, 11) is 2.05. The van der Waals surface area contributed by atoms with Crippen LogP contribution in [0.2, 0.25) is 0 Å². The van der Waals surface area contributed by atoms with E-state index in [0.29, 0.717) is 19.8 Å². The van der Waals surface area contributed by atoms with Crippen molar-refractivity contribution in [2.24, 2.45) is 0 Å². The summed E-state index contributed by atoms with van der Waals surface area (Å²) >= 11 is 1.78. The van der Waals surface area contributed by atoms with E-state index >= 15 is 0 Å². The number of nitrogens with zero attached hydrogens (tertiary/aromatic N) is 1. The van der Waals surface area contributed by atoms with Crippen molar-refractivity contribution in [2.45, 2.75) is 44.1 Å². The second-order valence-corrected chi connectivity index (χ2v) is 13.1. The third kappa shape index (κ3) is 13.9. The van der Waals surface area contributed by atoms with Crippen molar-refractivity contribution in [1.29, 1.82) is 0 Å². The Balaban J connectivity index is 1.19. The van der Waals surface area contributed by atoms with Gasteiger partial charge in [0.15, 0.2) is 0 Å². The van der Waals surface area contributed by atoms with Gasteiger partial charge in [-0.15, -0.1) is 11.8 Å². The van der Waals surface area contributed by atoms with Crippen molar-refractivity contribution < 1.29 is 23.8 Å². The number of carbonyl (C=O) groups excluding carboxylic acids is 2. The molecule has 4 aromatic carbocycles. The van der Waals surface area contributed by atoms with Crippen LogP contribution in [0.25, 0.3) is 0 Å². The Bertz CT molecular complexity index is 1910. The zero-order chi connectivity index (χ0) is 37.0. The third-order valence-corrected chi connectivity index (χ3v) is 9.00. The normalized spacial score (nSPS) is 10.1. The topological polar surface area (TPSA) is 65.1 Å². The second kappa shape index (κ2) is 21.6. The van der Waals surface area contributed by atoms with E-state index < -0.39 is 0 Å². The van der Waals surface area contributed by atoms with Gasteiger partial charge < -0.3 is 19.1 Å². The number of rotatable bonds is 17. The van der Waals surface area contributed by atoms with E-state index in [4.69, 9.17) is 14.2 Å². The van der Waals surface area contributed by atoms with Crippen LogP contribution in [0.1, 0.15) is 59.1 Å². The van der Waals surface area contributed by atoms with Crippen molar-refractivity contribution in [1.82, 2.24) is 0 Å². The molecule has 4 aromatic rings. The minimum absolute atomic E-state index is 0.369. The summed E-state index contributed by atoms with van der Waals surface area (Å²) in [5.41, 5.74) is 7.00. The summed E-state index contributed by atoms with van der Waals surface area (Å²) in [6.07, 6.45) is 5.91. The molecule has 6 nitrogen and oxygen atoms in total. The van der Waals surface area contributed by atoms with E-state index in [1.54, 1.807) is 11.8 Å². The quantitative estimate of drug-likeness (QED) is 0.0356. The molecule has 0 aliphatic heterocycles. The zero-order valence-electron chi connectivity index (χ0n) is 30.0. The van der Waals surface area contributed by atoms with Crippen molar-refractivity contribution in [3.05, 3.63) is 150 Å². The van der Waals surface area contributed by atoms with Gasteiger partial charge in [-0.2, -0.15) is 0 Å². The molecular weight excluding hydrogens is 667 g/mol. The molecular formula is C45H45NO5S. The van der Waals surface area contributed by atoms with Crippen LogP contribution < -0.4 is 9.64 Å². The van der Waals surface area contributed by atoms with Gasteiger partial charge in [0.2, 0.25) is 0 Å². The number of aryl methyl sites for hydroxylation is 1. The summed E-state index contributed by atoms with van der Waals surface area (Å²) in [6, 6.07) is 30.6. The highest BCUT2D eigenvalue weighted by atomic mass is 32.2. The van der Waals surface area contributed by atoms with Crippen LogP contribution in [0, 0.1) is 30.6 Å². The maximum atomic E-state index is 11.1. The summed E-state index contributed by atoms with van der Waals surface area (Å²) in [5.74, 6) is 14.1. The lowest BCUT2D eigenvalue weighted by atomic mass is 10.1. The van der Waals surface area contributed by atoms with Crippen molar-refractivity contribution in [3.8, 4) is 29.4 Å². The molecule has 7 heteroatoms. The molecule has 0 aliphatic carbocycles. The smallest absolute Gasteiger partial charge is 0.330 e. The van der Waals surface area contributed by atoms with Crippen LogP contribution >= 0.6 is 11.8 Å². The number of ether oxygens (including phenoxy) is 3. The fraction of sp³-hybridized carbons (Fsp3) is 0.244. The summed E-state index contributed by atoms with van der Waals surface area (Å²) in [4.78, 5) is 25.6. The van der Waals surface area contributed by atoms with Gasteiger partial charge in [0.25, 0.3) is 0 Å². The average molecular weight is 712 g/mol. The van der Waals surface area contributed by atoms with Gasteiger partial charge in [0.05, 0.1) is 13.2 Å². The van der Waals surface area contributed by atoms with Gasteiger partial charge in [0.1, 0.15) is 12.4 Å². The van der Waals surface area contributed by atoms with Crippen molar-refractivity contribution in [2.75, 3.05) is 37.5 Å². The number of hydrogen-bond acceptors (Lipinski definition) is 7. The summed E-state index contributed by atoms with van der Waals surface area (Å²) < 4.78 is 16.2. The SMILES string of the molecule is C=CC(=O)OCCCCSc1ccc(C#Cc2ccc(COc3ccc(C#Cc4ccc(N(C)CCCCOC(=O)C=C)cc4)cc3C)cc2)cc1. The van der Waals surface area contributed by atoms with E-state index in [1.165, 1.54) is 17.0 Å². The molecule has 0 aromatic heterocycles. The highest BCUT2D eigenvalue weighted by molar-refractivity contribution is 7.99. The van der Waals surface area contributed by atoms with Crippen LogP contribution in [0.3, 0.4) is 0 Å². The predicted molar refractivity (Wildman–Crippen MR) is 212 cm³/mol. The highest BCUT2D eigenvalue weighted by Gasteiger charge is 2.04. The Morgan fingerprint density at radius 1 is 0.692 bits per heavy atom. The van der Waals surface area contributed by atoms with E-state index in [-0.39, 0.29) is 11.9 Å². The van der Waals surface area contributed by atoms with Gasteiger partial charge >= 0.3 is 11.9 Å². The van der Waals surface area contributed by atoms with Gasteiger partial charge in [-0.05, 0) is 128 Å². The molecule has 4 rings (SSSR count). The minimum atomic E-state index is -0.378. The van der Waals surface area contributed by atoms with Crippen LogP contribution in [-0.2, 0) is 25.7 Å². The molecule has 0 atom stereocenters. The molecule has 0 spiro atoms. The molecule has 0 amide bonds. The molecule has 0 bridgehead atoms. The number of unbranched alkanes of at least 4 members (excludes halogenated alkanes) is 2. The van der Waals surface area contributed by atoms with Crippen molar-refractivity contribution in [3.63, 3.8) is 0 Å². The number of carbonyl (C=O) groups is 2. The molecule has 266 valence electrons. The van der Waals surface area contributed by atoms with Gasteiger partial charge in [-0.25, -0.2) is 9.59 Å². The standard InChI is InChI=1S/C45H45NO5S/c1-5-44(47)49-30-8-7-29-46(4)41-24-19-37(20-25-41)13-16-39-23-28-43(35(3)33-39)51-34-40-17-14-36(15-18-40)11-12-38-21-26-42(27-22-38)52-32-10-9-31-50-45(48)6-2/h5-6,14-15,17-28,33H,1-2,7-10,29-32,34H2,3-4H3. The molecule has 52 heavy (non-hydrogen) atoms. The van der Waals surface area contributed by atoms with Crippen LogP contribution in [0.5, 0.6) is 5.75 Å². The first-order chi connectivity index (χ1) is 25.3. The Hall–Kier alpha value is -5.63. The summed E-state index contributed by atoms with van der Waals surface area (Å²) in [6.45, 7) is 11.0. The lowest BCUT2D eigenvalue weighted by Crippen LogP contribution is -2.18. The molecule has 0 fully saturated rings. The van der Waals surface area contributed by atoms with Crippen molar-refractivity contribution >= 4 is 29.4 Å². The molecule has 0 aliphatic rings. The van der Waals surface area contributed by atoms with Gasteiger partial charge in [-0.3, -0.25) is 0 Å². The van der Waals surface area contributed by atoms with Crippen LogP contribution in [-0.4, -0.2) is 44.5 Å². The zero-order valence-corrected chi connectivity index (χ0v) is 30.8. The van der Waals surface area contributed by atoms with Gasteiger partial charge in [-0.1, -0.05) is 49.0 Å². The third-order valence-electron chi connectivity index (χ3n) is 7.91. The monoisotopic (exact) mass is 711 g/mol. The number of benzene rings is 4. The fourth-order valence-corrected chi connectivity index (χ4v) is 5.81. The minimum Gasteiger partial charge on any atom is -0.489 e. The molecule has 0 N–H and O–H groups in total. The highest BCUT2D eigenvalue weighted by Crippen LogP contribution is 2.22. The summed E-state index contributed by atoms with van der Waals surface area (Å²) in [5, 5.41) is 0. The van der Waals surface area contributed by atoms with Crippen LogP contribution in [0.15, 0.2) is 121 Å². The first-order valence-electron chi connectivity index (χ1n) is 17.3. The number of esters is 2. The number of anilines is 1. The Labute approximate surface area is 312 Å². The molecule has 0 radical (unpaired) electrons. The Kier molecular flexibility index (Phi) is 16.2. The maximum absolute atomic E-state index is 11.1. The van der Waals surface area contributed by atoms with E-state index in [2.05, 4.69) is 73.1 Å². The average Bonchev–Trinajstić information content (AvgIpc) is 3.17. The van der Waals surface area contributed by atoms with E-state index in [9.17, 15) is 9.59 Å². The first-order valence-corrected chi connectivity index (χ1v) is 18.3. The number of hydrogen-bond donors (Lipinski definition) is 0. The largest absolute Gasteiger partial charge is 0.489 e. The fourth-order valence-electron chi connectivity index (χ4n) is 4.89. The van der Waals surface area contributed by atoms with E-state index in [0.717, 1.165) is 82.8 Å². The lowest BCUT2D eigenvalue weighted by Gasteiger charge is -2.19. The molecule has 0 saturated carbocycles. The molecule has 0 unspecified atom stereocenters. The Morgan fingerprint density at radius 3 is 1.79 bits per heavy atom.